The summed E-state index contributed by atoms with van der Waals surface area (Å²) in [6.45, 7) is 5.67. The van der Waals surface area contributed by atoms with E-state index in [-0.39, 0.29) is 12.2 Å². The normalized spacial score (nSPS) is 11.5. The van der Waals surface area contributed by atoms with Crippen molar-refractivity contribution in [3.63, 3.8) is 0 Å². The van der Waals surface area contributed by atoms with Crippen molar-refractivity contribution in [2.24, 2.45) is 0 Å². The summed E-state index contributed by atoms with van der Waals surface area (Å²) in [6, 6.07) is 14.2. The molecule has 0 atom stereocenters. The third-order valence-corrected chi connectivity index (χ3v) is 5.37. The molecule has 1 aromatic heterocycles. The summed E-state index contributed by atoms with van der Waals surface area (Å²) in [7, 11) is 0. The first-order chi connectivity index (χ1) is 13.4. The number of halogens is 2. The van der Waals surface area contributed by atoms with E-state index in [9.17, 15) is 9.18 Å². The number of rotatable bonds is 5. The summed E-state index contributed by atoms with van der Waals surface area (Å²) >= 11 is 3.47. The fourth-order valence-electron chi connectivity index (χ4n) is 3.31. The van der Waals surface area contributed by atoms with Crippen molar-refractivity contribution in [3.8, 4) is 0 Å². The Morgan fingerprint density at radius 2 is 1.79 bits per heavy atom. The summed E-state index contributed by atoms with van der Waals surface area (Å²) in [6.07, 6.45) is 4.88. The minimum Gasteiger partial charge on any atom is -0.294 e. The maximum absolute atomic E-state index is 13.7. The minimum absolute atomic E-state index is 0.129. The molecular weight excluding hydrogens is 417 g/mol. The van der Waals surface area contributed by atoms with Crippen LogP contribution >= 0.6 is 15.9 Å². The van der Waals surface area contributed by atoms with Crippen LogP contribution in [0.5, 0.6) is 0 Å². The van der Waals surface area contributed by atoms with E-state index in [0.717, 1.165) is 38.5 Å². The molecule has 0 amide bonds. The van der Waals surface area contributed by atoms with Crippen LogP contribution in [0, 0.1) is 19.7 Å². The van der Waals surface area contributed by atoms with Crippen molar-refractivity contribution in [3.05, 3.63) is 105 Å². The molecule has 0 aliphatic carbocycles. The maximum Gasteiger partial charge on any atom is 0.169 e. The summed E-state index contributed by atoms with van der Waals surface area (Å²) in [5.41, 5.74) is 6.10. The number of ketones is 1. The molecular formula is C24H21BrFNO. The SMILES string of the molecule is C/C=C(/c1ccc(Br)cc1)c1ccc(CC(=O)c2cncc(F)c2C)cc1C. The number of benzene rings is 2. The highest BCUT2D eigenvalue weighted by Crippen LogP contribution is 2.28. The van der Waals surface area contributed by atoms with Crippen molar-refractivity contribution in [2.75, 3.05) is 0 Å². The molecule has 28 heavy (non-hydrogen) atoms. The van der Waals surface area contributed by atoms with Crippen LogP contribution < -0.4 is 0 Å². The molecule has 0 spiro atoms. The summed E-state index contributed by atoms with van der Waals surface area (Å²) < 4.78 is 14.7. The second-order valence-corrected chi connectivity index (χ2v) is 7.67. The Hall–Kier alpha value is -2.59. The molecule has 1 heterocycles. The standard InChI is InChI=1S/C24H21BrFNO/c1-4-20(18-6-8-19(25)9-7-18)21-10-5-17(11-15(21)2)12-24(28)22-13-27-14-23(26)16(22)3/h4-11,13-14H,12H2,1-3H3/b20-4-. The summed E-state index contributed by atoms with van der Waals surface area (Å²) in [5, 5.41) is 0. The highest BCUT2D eigenvalue weighted by atomic mass is 79.9. The van der Waals surface area contributed by atoms with Gasteiger partial charge in [-0.15, -0.1) is 0 Å². The lowest BCUT2D eigenvalue weighted by molar-refractivity contribution is 0.0991. The third kappa shape index (κ3) is 4.28. The second kappa shape index (κ2) is 8.61. The predicted octanol–water partition coefficient (Wildman–Crippen LogP) is 6.48. The molecule has 3 rings (SSSR count). The van der Waals surface area contributed by atoms with Gasteiger partial charge in [0.15, 0.2) is 5.78 Å². The maximum atomic E-state index is 13.7. The Kier molecular flexibility index (Phi) is 6.20. The lowest BCUT2D eigenvalue weighted by Crippen LogP contribution is -2.08. The van der Waals surface area contributed by atoms with Gasteiger partial charge in [0.1, 0.15) is 5.82 Å². The number of aromatic nitrogens is 1. The first-order valence-electron chi connectivity index (χ1n) is 9.06. The van der Waals surface area contributed by atoms with Crippen LogP contribution in [0.1, 0.15) is 45.1 Å². The van der Waals surface area contributed by atoms with E-state index in [1.54, 1.807) is 6.92 Å². The minimum atomic E-state index is -0.454. The number of carbonyl (C=O) groups excluding carboxylic acids is 1. The van der Waals surface area contributed by atoms with Crippen molar-refractivity contribution >= 4 is 27.3 Å². The molecule has 142 valence electrons. The number of aryl methyl sites for hydroxylation is 1. The number of pyridine rings is 1. The van der Waals surface area contributed by atoms with Crippen molar-refractivity contribution in [1.82, 2.24) is 4.98 Å². The average Bonchev–Trinajstić information content (AvgIpc) is 2.67. The van der Waals surface area contributed by atoms with Crippen LogP contribution in [0.25, 0.3) is 5.57 Å². The average molecular weight is 438 g/mol. The molecule has 4 heteroatoms. The Bertz CT molecular complexity index is 1050. The van der Waals surface area contributed by atoms with Crippen LogP contribution in [0.2, 0.25) is 0 Å². The van der Waals surface area contributed by atoms with Gasteiger partial charge in [-0.25, -0.2) is 4.39 Å². The Balaban J connectivity index is 1.87. The van der Waals surface area contributed by atoms with Gasteiger partial charge in [0.2, 0.25) is 0 Å². The number of carbonyl (C=O) groups is 1. The molecule has 0 aliphatic rings. The van der Waals surface area contributed by atoms with Gasteiger partial charge >= 0.3 is 0 Å². The van der Waals surface area contributed by atoms with Crippen LogP contribution in [0.15, 0.2) is 65.4 Å². The topological polar surface area (TPSA) is 30.0 Å². The number of hydrogen-bond donors (Lipinski definition) is 0. The summed E-state index contributed by atoms with van der Waals surface area (Å²) in [4.78, 5) is 16.4. The van der Waals surface area contributed by atoms with Gasteiger partial charge in [-0.1, -0.05) is 52.3 Å². The van der Waals surface area contributed by atoms with Gasteiger partial charge in [-0.2, -0.15) is 0 Å². The van der Waals surface area contributed by atoms with E-state index in [0.29, 0.717) is 11.1 Å². The molecule has 0 unspecified atom stereocenters. The highest BCUT2D eigenvalue weighted by molar-refractivity contribution is 9.10. The van der Waals surface area contributed by atoms with Crippen LogP contribution in [0.3, 0.4) is 0 Å². The zero-order chi connectivity index (χ0) is 20.3. The lowest BCUT2D eigenvalue weighted by Gasteiger charge is -2.13. The molecule has 0 N–H and O–H groups in total. The highest BCUT2D eigenvalue weighted by Gasteiger charge is 2.14. The van der Waals surface area contributed by atoms with Crippen LogP contribution in [-0.2, 0) is 6.42 Å². The van der Waals surface area contributed by atoms with Crippen LogP contribution in [0.4, 0.5) is 4.39 Å². The first-order valence-corrected chi connectivity index (χ1v) is 9.85. The van der Waals surface area contributed by atoms with E-state index < -0.39 is 5.82 Å². The number of allylic oxidation sites excluding steroid dienone is 1. The molecule has 0 radical (unpaired) electrons. The van der Waals surface area contributed by atoms with Gasteiger partial charge in [0, 0.05) is 22.7 Å². The van der Waals surface area contributed by atoms with E-state index in [1.807, 2.05) is 44.2 Å². The Labute approximate surface area is 173 Å². The molecule has 0 bridgehead atoms. The molecule has 3 aromatic rings. The first kappa shape index (κ1) is 20.2. The lowest BCUT2D eigenvalue weighted by atomic mass is 9.91. The summed E-state index contributed by atoms with van der Waals surface area (Å²) in [5.74, 6) is -0.583. The predicted molar refractivity (Wildman–Crippen MR) is 115 cm³/mol. The zero-order valence-corrected chi connectivity index (χ0v) is 17.7. The van der Waals surface area contributed by atoms with E-state index >= 15 is 0 Å². The van der Waals surface area contributed by atoms with E-state index in [1.165, 1.54) is 6.20 Å². The van der Waals surface area contributed by atoms with E-state index in [4.69, 9.17) is 0 Å². The Morgan fingerprint density at radius 1 is 1.07 bits per heavy atom. The second-order valence-electron chi connectivity index (χ2n) is 6.75. The zero-order valence-electron chi connectivity index (χ0n) is 16.1. The van der Waals surface area contributed by atoms with Gasteiger partial charge in [0.25, 0.3) is 0 Å². The molecule has 2 aromatic carbocycles. The molecule has 0 saturated heterocycles. The molecule has 0 fully saturated rings. The monoisotopic (exact) mass is 437 g/mol. The third-order valence-electron chi connectivity index (χ3n) is 4.84. The Morgan fingerprint density at radius 3 is 2.43 bits per heavy atom. The van der Waals surface area contributed by atoms with Gasteiger partial charge < -0.3 is 0 Å². The van der Waals surface area contributed by atoms with Gasteiger partial charge in [-0.3, -0.25) is 9.78 Å². The van der Waals surface area contributed by atoms with Gasteiger partial charge in [-0.05, 0) is 66.3 Å². The molecule has 0 saturated carbocycles. The van der Waals surface area contributed by atoms with Crippen molar-refractivity contribution < 1.29 is 9.18 Å². The fraction of sp³-hybridized carbons (Fsp3) is 0.167. The largest absolute Gasteiger partial charge is 0.294 e. The number of nitrogens with zero attached hydrogens (tertiary/aromatic N) is 1. The number of Topliss-reactive ketones (excluding diaryl/α,β-unsaturated/α-hetero) is 1. The van der Waals surface area contributed by atoms with E-state index in [2.05, 4.69) is 39.1 Å². The number of hydrogen-bond acceptors (Lipinski definition) is 2. The molecule has 2 nitrogen and oxygen atoms in total. The van der Waals surface area contributed by atoms with Crippen molar-refractivity contribution in [2.45, 2.75) is 27.2 Å². The molecule has 0 aliphatic heterocycles. The van der Waals surface area contributed by atoms with Gasteiger partial charge in [0.05, 0.1) is 6.20 Å². The smallest absolute Gasteiger partial charge is 0.169 e. The van der Waals surface area contributed by atoms with Crippen LogP contribution in [-0.4, -0.2) is 10.8 Å². The van der Waals surface area contributed by atoms with Crippen molar-refractivity contribution in [1.29, 1.82) is 0 Å². The quantitative estimate of drug-likeness (QED) is 0.427. The fourth-order valence-corrected chi connectivity index (χ4v) is 3.57.